The minimum absolute atomic E-state index is 0.187. The van der Waals surface area contributed by atoms with Crippen molar-refractivity contribution in [1.29, 1.82) is 0 Å². The van der Waals surface area contributed by atoms with Crippen molar-refractivity contribution in [2.45, 2.75) is 19.4 Å². The summed E-state index contributed by atoms with van der Waals surface area (Å²) in [5.41, 5.74) is 3.71. The molecule has 0 aromatic heterocycles. The minimum Gasteiger partial charge on any atom is -0.493 e. The molecule has 32 heavy (non-hydrogen) atoms. The summed E-state index contributed by atoms with van der Waals surface area (Å²) >= 11 is 0. The van der Waals surface area contributed by atoms with E-state index in [-0.39, 0.29) is 18.0 Å². The standard InChI is InChI=1S/C24H28N4O4/c1-6-11-26-23(29)17-9-7-16(8-10-17)22-19-14-21(32-5)20(31-4)13-18(19)12-15(2)28(27-22)24(30)25-3/h6-10,13-15H,1,11-12H2,2-5H3,(H,25,30)(H,26,29). The number of benzene rings is 2. The van der Waals surface area contributed by atoms with E-state index in [0.717, 1.165) is 16.7 Å². The lowest BCUT2D eigenvalue weighted by Gasteiger charge is -2.22. The van der Waals surface area contributed by atoms with Crippen molar-refractivity contribution in [3.63, 3.8) is 0 Å². The van der Waals surface area contributed by atoms with Crippen molar-refractivity contribution in [1.82, 2.24) is 15.6 Å². The maximum Gasteiger partial charge on any atom is 0.337 e. The lowest BCUT2D eigenvalue weighted by Crippen LogP contribution is -2.41. The number of carbonyl (C=O) groups excluding carboxylic acids is 2. The van der Waals surface area contributed by atoms with Crippen LogP contribution in [0.15, 0.2) is 54.2 Å². The SMILES string of the molecule is C=CCNC(=O)c1ccc(C2=NN(C(=O)NC)C(C)Cc3cc(OC)c(OC)cc32)cc1. The molecule has 3 amide bonds. The van der Waals surface area contributed by atoms with Crippen molar-refractivity contribution in [3.05, 3.63) is 71.3 Å². The predicted molar refractivity (Wildman–Crippen MR) is 124 cm³/mol. The molecule has 0 fully saturated rings. The molecule has 1 atom stereocenters. The van der Waals surface area contributed by atoms with Gasteiger partial charge in [-0.15, -0.1) is 6.58 Å². The van der Waals surface area contributed by atoms with E-state index >= 15 is 0 Å². The predicted octanol–water partition coefficient (Wildman–Crippen LogP) is 2.96. The number of methoxy groups -OCH3 is 2. The second-order valence-electron chi connectivity index (χ2n) is 7.34. The Bertz CT molecular complexity index is 1050. The van der Waals surface area contributed by atoms with Gasteiger partial charge in [0, 0.05) is 30.3 Å². The number of urea groups is 1. The number of hydrogen-bond acceptors (Lipinski definition) is 5. The largest absolute Gasteiger partial charge is 0.493 e. The van der Waals surface area contributed by atoms with E-state index in [1.807, 2.05) is 31.2 Å². The van der Waals surface area contributed by atoms with Crippen LogP contribution in [-0.2, 0) is 6.42 Å². The molecular formula is C24H28N4O4. The normalized spacial score (nSPS) is 15.1. The van der Waals surface area contributed by atoms with Gasteiger partial charge in [0.15, 0.2) is 11.5 Å². The Morgan fingerprint density at radius 1 is 1.19 bits per heavy atom. The van der Waals surface area contributed by atoms with Gasteiger partial charge in [-0.1, -0.05) is 18.2 Å². The Morgan fingerprint density at radius 3 is 2.44 bits per heavy atom. The van der Waals surface area contributed by atoms with Crippen molar-refractivity contribution < 1.29 is 19.1 Å². The molecule has 0 aliphatic carbocycles. The van der Waals surface area contributed by atoms with Gasteiger partial charge in [0.2, 0.25) is 0 Å². The maximum absolute atomic E-state index is 12.5. The average Bonchev–Trinajstić information content (AvgIpc) is 2.96. The Morgan fingerprint density at radius 2 is 1.84 bits per heavy atom. The molecule has 0 bridgehead atoms. The molecule has 0 radical (unpaired) electrons. The minimum atomic E-state index is -0.304. The van der Waals surface area contributed by atoms with Crippen LogP contribution in [-0.4, -0.2) is 56.5 Å². The van der Waals surface area contributed by atoms with Crippen LogP contribution in [0.1, 0.15) is 34.0 Å². The molecule has 1 heterocycles. The van der Waals surface area contributed by atoms with Gasteiger partial charge in [0.05, 0.1) is 26.0 Å². The number of rotatable bonds is 6. The highest BCUT2D eigenvalue weighted by molar-refractivity contribution is 6.15. The molecular weight excluding hydrogens is 408 g/mol. The Hall–Kier alpha value is -3.81. The fourth-order valence-corrected chi connectivity index (χ4v) is 3.60. The van der Waals surface area contributed by atoms with Gasteiger partial charge in [0.25, 0.3) is 5.91 Å². The van der Waals surface area contributed by atoms with Gasteiger partial charge in [-0.25, -0.2) is 9.80 Å². The molecule has 1 unspecified atom stereocenters. The summed E-state index contributed by atoms with van der Waals surface area (Å²) in [6.45, 7) is 5.94. The second-order valence-corrected chi connectivity index (χ2v) is 7.34. The van der Waals surface area contributed by atoms with Gasteiger partial charge < -0.3 is 20.1 Å². The second kappa shape index (κ2) is 10.00. The van der Waals surface area contributed by atoms with Crippen molar-refractivity contribution >= 4 is 17.6 Å². The fourth-order valence-electron chi connectivity index (χ4n) is 3.60. The van der Waals surface area contributed by atoms with Crippen LogP contribution in [0.2, 0.25) is 0 Å². The zero-order valence-corrected chi connectivity index (χ0v) is 18.8. The summed E-state index contributed by atoms with van der Waals surface area (Å²) in [4.78, 5) is 24.8. The van der Waals surface area contributed by atoms with Gasteiger partial charge in [-0.05, 0) is 43.2 Å². The number of hydrazone groups is 1. The molecule has 2 aromatic rings. The molecule has 8 heteroatoms. The molecule has 168 valence electrons. The van der Waals surface area contributed by atoms with Gasteiger partial charge >= 0.3 is 6.03 Å². The van der Waals surface area contributed by atoms with Crippen LogP contribution >= 0.6 is 0 Å². The van der Waals surface area contributed by atoms with E-state index in [1.165, 1.54) is 5.01 Å². The number of amides is 3. The van der Waals surface area contributed by atoms with Crippen LogP contribution in [0.5, 0.6) is 11.5 Å². The summed E-state index contributed by atoms with van der Waals surface area (Å²) in [5.74, 6) is 0.993. The maximum atomic E-state index is 12.5. The summed E-state index contributed by atoms with van der Waals surface area (Å²) in [6.07, 6.45) is 2.21. The third-order valence-corrected chi connectivity index (χ3v) is 5.25. The van der Waals surface area contributed by atoms with Crippen molar-refractivity contribution in [3.8, 4) is 11.5 Å². The van der Waals surface area contributed by atoms with Crippen LogP contribution in [0, 0.1) is 0 Å². The molecule has 3 rings (SSSR count). The number of carbonyl (C=O) groups is 2. The third kappa shape index (κ3) is 4.59. The van der Waals surface area contributed by atoms with Gasteiger partial charge in [-0.2, -0.15) is 5.10 Å². The smallest absolute Gasteiger partial charge is 0.337 e. The van der Waals surface area contributed by atoms with Crippen LogP contribution in [0.3, 0.4) is 0 Å². The zero-order chi connectivity index (χ0) is 23.3. The van der Waals surface area contributed by atoms with Crippen LogP contribution in [0.4, 0.5) is 4.79 Å². The first-order valence-electron chi connectivity index (χ1n) is 10.3. The highest BCUT2D eigenvalue weighted by atomic mass is 16.5. The van der Waals surface area contributed by atoms with E-state index in [9.17, 15) is 9.59 Å². The first-order chi connectivity index (χ1) is 15.4. The highest BCUT2D eigenvalue weighted by Gasteiger charge is 2.28. The van der Waals surface area contributed by atoms with Crippen molar-refractivity contribution in [2.75, 3.05) is 27.8 Å². The number of ether oxygens (including phenoxy) is 2. The molecule has 8 nitrogen and oxygen atoms in total. The van der Waals surface area contributed by atoms with E-state index < -0.39 is 0 Å². The Kier molecular flexibility index (Phi) is 7.14. The molecule has 0 spiro atoms. The van der Waals surface area contributed by atoms with Gasteiger partial charge in [-0.3, -0.25) is 4.79 Å². The number of nitrogens with zero attached hydrogens (tertiary/aromatic N) is 2. The number of hydrogen-bond donors (Lipinski definition) is 2. The summed E-state index contributed by atoms with van der Waals surface area (Å²) < 4.78 is 11.0. The zero-order valence-electron chi connectivity index (χ0n) is 18.8. The first kappa shape index (κ1) is 22.9. The summed E-state index contributed by atoms with van der Waals surface area (Å²) in [5, 5.41) is 11.6. The number of fused-ring (bicyclic) bond motifs is 1. The van der Waals surface area contributed by atoms with Crippen molar-refractivity contribution in [2.24, 2.45) is 5.10 Å². The van der Waals surface area contributed by atoms with E-state index in [0.29, 0.717) is 35.7 Å². The topological polar surface area (TPSA) is 92.3 Å². The number of nitrogens with one attached hydrogen (secondary N) is 2. The molecule has 2 N–H and O–H groups in total. The Balaban J connectivity index is 2.12. The third-order valence-electron chi connectivity index (χ3n) is 5.25. The molecule has 1 aliphatic heterocycles. The van der Waals surface area contributed by atoms with E-state index in [4.69, 9.17) is 14.6 Å². The quantitative estimate of drug-likeness (QED) is 0.681. The Labute approximate surface area is 187 Å². The molecule has 0 saturated heterocycles. The van der Waals surface area contributed by atoms with Crippen LogP contribution < -0.4 is 20.1 Å². The van der Waals surface area contributed by atoms with E-state index in [2.05, 4.69) is 17.2 Å². The lowest BCUT2D eigenvalue weighted by atomic mass is 9.93. The molecule has 2 aromatic carbocycles. The lowest BCUT2D eigenvalue weighted by molar-refractivity contribution is 0.0958. The molecule has 1 aliphatic rings. The highest BCUT2D eigenvalue weighted by Crippen LogP contribution is 2.34. The average molecular weight is 437 g/mol. The van der Waals surface area contributed by atoms with E-state index in [1.54, 1.807) is 39.5 Å². The summed E-state index contributed by atoms with van der Waals surface area (Å²) in [7, 11) is 4.74. The van der Waals surface area contributed by atoms with Gasteiger partial charge in [0.1, 0.15) is 0 Å². The van der Waals surface area contributed by atoms with Crippen LogP contribution in [0.25, 0.3) is 0 Å². The summed E-state index contributed by atoms with van der Waals surface area (Å²) in [6, 6.07) is 10.4. The monoisotopic (exact) mass is 436 g/mol. The first-order valence-corrected chi connectivity index (χ1v) is 10.3. The molecule has 0 saturated carbocycles. The fraction of sp³-hybridized carbons (Fsp3) is 0.292.